The summed E-state index contributed by atoms with van der Waals surface area (Å²) >= 11 is 12.8. The lowest BCUT2D eigenvalue weighted by Gasteiger charge is -2.37. The summed E-state index contributed by atoms with van der Waals surface area (Å²) in [5.74, 6) is -0.390. The van der Waals surface area contributed by atoms with Crippen molar-refractivity contribution in [3.8, 4) is 5.75 Å². The minimum Gasteiger partial charge on any atom is -0.491 e. The Labute approximate surface area is 306 Å². The number of para-hydroxylation sites is 1. The van der Waals surface area contributed by atoms with Crippen molar-refractivity contribution in [1.29, 1.82) is 0 Å². The van der Waals surface area contributed by atoms with Crippen LogP contribution in [0.15, 0.2) is 115 Å². The molecular formula is C38H37Cl2N7O4. The van der Waals surface area contributed by atoms with E-state index < -0.39 is 5.79 Å². The Kier molecular flexibility index (Phi) is 9.68. The number of anilines is 3. The van der Waals surface area contributed by atoms with Crippen LogP contribution in [0.1, 0.15) is 5.56 Å². The Balaban J connectivity index is 0.838. The Morgan fingerprint density at radius 1 is 0.824 bits per heavy atom. The minimum absolute atomic E-state index is 0.275. The Bertz CT molecular complexity index is 1940. The van der Waals surface area contributed by atoms with Crippen LogP contribution in [0.25, 0.3) is 0 Å². The van der Waals surface area contributed by atoms with Gasteiger partial charge in [0.25, 0.3) is 6.02 Å². The second kappa shape index (κ2) is 14.8. The molecular weight excluding hydrogens is 689 g/mol. The lowest BCUT2D eigenvalue weighted by atomic mass is 10.1. The molecule has 5 aromatic rings. The molecule has 0 spiro atoms. The van der Waals surface area contributed by atoms with Crippen LogP contribution in [0.4, 0.5) is 22.7 Å². The minimum atomic E-state index is -1.15. The lowest BCUT2D eigenvalue weighted by Crippen LogP contribution is -2.46. The maximum Gasteiger partial charge on any atom is 0.297 e. The fourth-order valence-electron chi connectivity index (χ4n) is 6.64. The Morgan fingerprint density at radius 2 is 1.55 bits per heavy atom. The van der Waals surface area contributed by atoms with E-state index >= 15 is 0 Å². The molecule has 0 N–H and O–H groups in total. The summed E-state index contributed by atoms with van der Waals surface area (Å²) in [6.45, 7) is 6.01. The fourth-order valence-corrected chi connectivity index (χ4v) is 7.19. The average Bonchev–Trinajstić information content (AvgIpc) is 3.95. The Morgan fingerprint density at radius 3 is 2.24 bits per heavy atom. The molecule has 1 aromatic heterocycles. The normalized spacial score (nSPS) is 21.3. The predicted octanol–water partition coefficient (Wildman–Crippen LogP) is 6.78. The molecule has 13 heteroatoms. The second-order valence-electron chi connectivity index (χ2n) is 12.5. The van der Waals surface area contributed by atoms with Crippen molar-refractivity contribution >= 4 is 52.0 Å². The van der Waals surface area contributed by atoms with Gasteiger partial charge in [0, 0.05) is 53.8 Å². The van der Waals surface area contributed by atoms with Gasteiger partial charge in [-0.05, 0) is 72.8 Å². The smallest absolute Gasteiger partial charge is 0.297 e. The van der Waals surface area contributed by atoms with Gasteiger partial charge in [-0.25, -0.2) is 9.67 Å². The molecule has 4 aromatic carbocycles. The van der Waals surface area contributed by atoms with Crippen LogP contribution in [-0.4, -0.2) is 79.4 Å². The standard InChI is InChI=1S/C38H37Cl2N7O4/c39-28-6-15-35(36(40)22-28)38(25-46-27-41-26-42-46)50-24-34(51-38)23-49-33-13-11-31(12-14-33)45-18-16-44(17-19-45)30-9-7-29(8-10-30)43-37-47(20-21-48-37)32-4-2-1-3-5-32/h1-15,22,26-27,34H,16-21,23-25H2/t34-,38-/m1/s1. The van der Waals surface area contributed by atoms with Gasteiger partial charge in [-0.2, -0.15) is 10.1 Å². The number of aromatic nitrogens is 3. The molecule has 0 saturated carbocycles. The largest absolute Gasteiger partial charge is 0.491 e. The maximum absolute atomic E-state index is 6.59. The van der Waals surface area contributed by atoms with E-state index in [0.717, 1.165) is 55.5 Å². The fraction of sp³-hybridized carbons (Fsp3) is 0.289. The van der Waals surface area contributed by atoms with Gasteiger partial charge < -0.3 is 28.7 Å². The average molecular weight is 727 g/mol. The monoisotopic (exact) mass is 725 g/mol. The van der Waals surface area contributed by atoms with E-state index in [1.54, 1.807) is 23.1 Å². The van der Waals surface area contributed by atoms with Crippen LogP contribution < -0.4 is 19.4 Å². The summed E-state index contributed by atoms with van der Waals surface area (Å²) < 4.78 is 26.4. The second-order valence-corrected chi connectivity index (χ2v) is 13.4. The molecule has 262 valence electrons. The molecule has 0 bridgehead atoms. The molecule has 8 rings (SSSR count). The van der Waals surface area contributed by atoms with Crippen LogP contribution in [-0.2, 0) is 26.5 Å². The van der Waals surface area contributed by atoms with Crippen LogP contribution in [0.5, 0.6) is 5.75 Å². The number of ether oxygens (including phenoxy) is 4. The summed E-state index contributed by atoms with van der Waals surface area (Å²) in [6.07, 6.45) is 2.76. The number of halogens is 2. The van der Waals surface area contributed by atoms with E-state index in [1.807, 2.05) is 36.4 Å². The molecule has 0 unspecified atom stereocenters. The molecule has 3 fully saturated rings. The highest BCUT2D eigenvalue weighted by atomic mass is 35.5. The molecule has 3 aliphatic rings. The molecule has 4 heterocycles. The number of nitrogens with zero attached hydrogens (tertiary/aromatic N) is 7. The summed E-state index contributed by atoms with van der Waals surface area (Å²) in [5, 5.41) is 5.23. The van der Waals surface area contributed by atoms with E-state index in [0.29, 0.717) is 41.5 Å². The predicted molar refractivity (Wildman–Crippen MR) is 199 cm³/mol. The molecule has 11 nitrogen and oxygen atoms in total. The van der Waals surface area contributed by atoms with Crippen molar-refractivity contribution < 1.29 is 18.9 Å². The third-order valence-electron chi connectivity index (χ3n) is 9.24. The highest BCUT2D eigenvalue weighted by Gasteiger charge is 2.45. The van der Waals surface area contributed by atoms with E-state index in [9.17, 15) is 0 Å². The van der Waals surface area contributed by atoms with Gasteiger partial charge in [0.2, 0.25) is 5.79 Å². The van der Waals surface area contributed by atoms with Gasteiger partial charge >= 0.3 is 0 Å². The zero-order chi connectivity index (χ0) is 34.6. The first-order valence-corrected chi connectivity index (χ1v) is 17.7. The third-order valence-corrected chi connectivity index (χ3v) is 9.79. The van der Waals surface area contributed by atoms with Crippen molar-refractivity contribution in [2.24, 2.45) is 4.99 Å². The number of benzene rings is 4. The SMILES string of the molecule is Clc1ccc([C@]2(Cn3cncn3)OC[C@@H](COc3ccc(N4CCN(c5ccc(N=C6OCCN6c6ccccc6)cc5)CC4)cc3)O2)c(Cl)c1. The lowest BCUT2D eigenvalue weighted by molar-refractivity contribution is -0.190. The number of hydrogen-bond acceptors (Lipinski definition) is 9. The first-order valence-electron chi connectivity index (χ1n) is 17.0. The van der Waals surface area contributed by atoms with E-state index in [-0.39, 0.29) is 12.6 Å². The van der Waals surface area contributed by atoms with Gasteiger partial charge in [-0.15, -0.1) is 0 Å². The molecule has 2 atom stereocenters. The summed E-state index contributed by atoms with van der Waals surface area (Å²) in [6, 6.07) is 32.8. The van der Waals surface area contributed by atoms with Crippen molar-refractivity contribution in [3.63, 3.8) is 0 Å². The summed E-state index contributed by atoms with van der Waals surface area (Å²) in [5.41, 5.74) is 4.99. The van der Waals surface area contributed by atoms with Crippen molar-refractivity contribution in [2.45, 2.75) is 18.4 Å². The van der Waals surface area contributed by atoms with Gasteiger partial charge in [-0.3, -0.25) is 4.90 Å². The van der Waals surface area contributed by atoms with Crippen LogP contribution >= 0.6 is 23.2 Å². The van der Waals surface area contributed by atoms with Crippen LogP contribution in [0.3, 0.4) is 0 Å². The molecule has 51 heavy (non-hydrogen) atoms. The number of aliphatic imine (C=N–C) groups is 1. The number of amidine groups is 1. The quantitative estimate of drug-likeness (QED) is 0.155. The van der Waals surface area contributed by atoms with Gasteiger partial charge in [-0.1, -0.05) is 47.5 Å². The van der Waals surface area contributed by atoms with Crippen LogP contribution in [0, 0.1) is 0 Å². The van der Waals surface area contributed by atoms with Crippen molar-refractivity contribution in [2.75, 3.05) is 67.2 Å². The Hall–Kier alpha value is -4.81. The van der Waals surface area contributed by atoms with Gasteiger partial charge in [0.15, 0.2) is 0 Å². The first-order chi connectivity index (χ1) is 25.0. The number of hydrogen-bond donors (Lipinski definition) is 0. The molecule has 3 saturated heterocycles. The molecule has 0 aliphatic carbocycles. The highest BCUT2D eigenvalue weighted by Crippen LogP contribution is 2.40. The zero-order valence-corrected chi connectivity index (χ0v) is 29.4. The van der Waals surface area contributed by atoms with E-state index in [2.05, 4.69) is 73.3 Å². The number of piperazine rings is 1. The van der Waals surface area contributed by atoms with Gasteiger partial charge in [0.1, 0.15) is 44.3 Å². The summed E-state index contributed by atoms with van der Waals surface area (Å²) in [7, 11) is 0. The molecule has 0 radical (unpaired) electrons. The molecule has 3 aliphatic heterocycles. The van der Waals surface area contributed by atoms with Gasteiger partial charge in [0.05, 0.1) is 23.9 Å². The highest BCUT2D eigenvalue weighted by molar-refractivity contribution is 6.35. The van der Waals surface area contributed by atoms with Crippen LogP contribution in [0.2, 0.25) is 10.0 Å². The van der Waals surface area contributed by atoms with Crippen molar-refractivity contribution in [3.05, 3.63) is 125 Å². The topological polar surface area (TPSA) is 89.7 Å². The maximum atomic E-state index is 6.59. The first kappa shape index (κ1) is 33.3. The summed E-state index contributed by atoms with van der Waals surface area (Å²) in [4.78, 5) is 15.8. The van der Waals surface area contributed by atoms with Crippen molar-refractivity contribution in [1.82, 2.24) is 14.8 Å². The number of rotatable bonds is 10. The zero-order valence-electron chi connectivity index (χ0n) is 27.9. The van der Waals surface area contributed by atoms with E-state index in [4.69, 9.17) is 47.1 Å². The van der Waals surface area contributed by atoms with E-state index in [1.165, 1.54) is 12.0 Å². The third kappa shape index (κ3) is 7.48. The molecule has 0 amide bonds.